The van der Waals surface area contributed by atoms with Crippen molar-refractivity contribution in [2.75, 3.05) is 0 Å². The van der Waals surface area contributed by atoms with Gasteiger partial charge in [0.2, 0.25) is 0 Å². The van der Waals surface area contributed by atoms with E-state index in [1.54, 1.807) is 6.07 Å². The minimum Gasteiger partial charge on any atom is -0.456 e. The summed E-state index contributed by atoms with van der Waals surface area (Å²) in [5.41, 5.74) is 10.6. The molecule has 8 aromatic carbocycles. The van der Waals surface area contributed by atoms with Crippen LogP contribution in [0, 0.1) is 22.7 Å². The summed E-state index contributed by atoms with van der Waals surface area (Å²) in [5, 5.41) is 30.4. The number of benzene rings is 8. The van der Waals surface area contributed by atoms with Crippen molar-refractivity contribution in [1.29, 1.82) is 10.5 Å². The molecule has 0 saturated heterocycles. The van der Waals surface area contributed by atoms with E-state index >= 15 is 0 Å². The quantitative estimate of drug-likeness (QED) is 0.182. The van der Waals surface area contributed by atoms with E-state index in [9.17, 15) is 10.5 Å². The normalized spacial score (nSPS) is 11.9. The Morgan fingerprint density at radius 1 is 0.393 bits per heavy atom. The SMILES string of the molecule is N#Cc1cc(C#N)c(-n2c3ccccc3c3ccc4oc5ccccc5c4c32)c(-c2ccccc2)c1-n1c2ccccc2c2ccc3oc4ccccc4c3c21. The van der Waals surface area contributed by atoms with E-state index in [0.29, 0.717) is 22.5 Å². The third kappa shape index (κ3) is 3.92. The van der Waals surface area contributed by atoms with Gasteiger partial charge < -0.3 is 18.0 Å². The van der Waals surface area contributed by atoms with Crippen LogP contribution in [0.15, 0.2) is 167 Å². The standard InChI is InChI=1S/C50H26N4O2/c51-27-30-26-31(28-52)48(54-39-19-9-5-15-33(39)35-23-25-43-46(50(35)54)37-17-7-11-21-41(37)56-43)44(29-12-2-1-3-13-29)47(30)53-38-18-8-4-14-32(38)34-22-24-42-45(49(34)53)36-16-6-10-20-40(36)55-42/h1-26H. The predicted octanol–water partition coefficient (Wildman–Crippen LogP) is 13.1. The molecule has 4 heterocycles. The largest absolute Gasteiger partial charge is 0.456 e. The molecule has 0 saturated carbocycles. The minimum absolute atomic E-state index is 0.385. The molecule has 0 radical (unpaired) electrons. The van der Waals surface area contributed by atoms with Crippen LogP contribution in [-0.2, 0) is 0 Å². The smallest absolute Gasteiger partial charge is 0.137 e. The number of para-hydroxylation sites is 4. The molecule has 0 fully saturated rings. The highest BCUT2D eigenvalue weighted by atomic mass is 16.3. The molecule has 258 valence electrons. The molecule has 0 N–H and O–H groups in total. The molecule has 56 heavy (non-hydrogen) atoms. The third-order valence-corrected chi connectivity index (χ3v) is 11.4. The highest BCUT2D eigenvalue weighted by Gasteiger charge is 2.29. The number of furan rings is 2. The van der Waals surface area contributed by atoms with E-state index in [4.69, 9.17) is 8.83 Å². The molecule has 0 bridgehead atoms. The Bertz CT molecular complexity index is 3510. The van der Waals surface area contributed by atoms with Crippen LogP contribution in [0.1, 0.15) is 11.1 Å². The molecule has 0 amide bonds. The number of rotatable bonds is 3. The monoisotopic (exact) mass is 714 g/mol. The van der Waals surface area contributed by atoms with Gasteiger partial charge in [0, 0.05) is 37.9 Å². The van der Waals surface area contributed by atoms with E-state index < -0.39 is 0 Å². The molecule has 0 aliphatic rings. The highest BCUT2D eigenvalue weighted by molar-refractivity contribution is 6.26. The summed E-state index contributed by atoms with van der Waals surface area (Å²) in [6.07, 6.45) is 0. The lowest BCUT2D eigenvalue weighted by Gasteiger charge is -2.23. The first-order valence-electron chi connectivity index (χ1n) is 18.5. The zero-order valence-electron chi connectivity index (χ0n) is 29.6. The van der Waals surface area contributed by atoms with Crippen LogP contribution < -0.4 is 0 Å². The number of nitriles is 2. The van der Waals surface area contributed by atoms with E-state index in [-0.39, 0.29) is 0 Å². The van der Waals surface area contributed by atoms with Crippen molar-refractivity contribution < 1.29 is 8.83 Å². The van der Waals surface area contributed by atoms with Crippen molar-refractivity contribution in [2.24, 2.45) is 0 Å². The molecule has 0 atom stereocenters. The predicted molar refractivity (Wildman–Crippen MR) is 225 cm³/mol. The molecular formula is C50H26N4O2. The van der Waals surface area contributed by atoms with Crippen molar-refractivity contribution in [2.45, 2.75) is 0 Å². The molecule has 6 nitrogen and oxygen atoms in total. The van der Waals surface area contributed by atoms with Crippen LogP contribution in [0.5, 0.6) is 0 Å². The van der Waals surface area contributed by atoms with Gasteiger partial charge in [-0.05, 0) is 60.2 Å². The molecule has 0 unspecified atom stereocenters. The average Bonchev–Trinajstić information content (AvgIpc) is 4.00. The summed E-state index contributed by atoms with van der Waals surface area (Å²) in [5.74, 6) is 0. The second kappa shape index (κ2) is 11.2. The molecule has 0 aliphatic heterocycles. The van der Waals surface area contributed by atoms with Gasteiger partial charge in [0.1, 0.15) is 34.5 Å². The third-order valence-electron chi connectivity index (χ3n) is 11.4. The first-order valence-corrected chi connectivity index (χ1v) is 18.5. The minimum atomic E-state index is 0.385. The van der Waals surface area contributed by atoms with Gasteiger partial charge in [0.25, 0.3) is 0 Å². The molecular weight excluding hydrogens is 689 g/mol. The zero-order valence-corrected chi connectivity index (χ0v) is 29.6. The van der Waals surface area contributed by atoms with Crippen LogP contribution >= 0.6 is 0 Å². The number of aromatic nitrogens is 2. The summed E-state index contributed by atoms with van der Waals surface area (Å²) in [6.45, 7) is 0. The van der Waals surface area contributed by atoms with Crippen LogP contribution in [-0.4, -0.2) is 9.13 Å². The maximum atomic E-state index is 11.2. The van der Waals surface area contributed by atoms with Crippen molar-refractivity contribution in [3.8, 4) is 34.6 Å². The van der Waals surface area contributed by atoms with Crippen molar-refractivity contribution in [3.05, 3.63) is 169 Å². The lowest BCUT2D eigenvalue weighted by molar-refractivity contribution is 0.669. The maximum Gasteiger partial charge on any atom is 0.137 e. The zero-order chi connectivity index (χ0) is 37.1. The summed E-state index contributed by atoms with van der Waals surface area (Å²) in [6, 6.07) is 58.2. The van der Waals surface area contributed by atoms with Gasteiger partial charge in [-0.2, -0.15) is 10.5 Å². The molecule has 12 rings (SSSR count). The van der Waals surface area contributed by atoms with Gasteiger partial charge in [-0.15, -0.1) is 0 Å². The summed E-state index contributed by atoms with van der Waals surface area (Å²) in [4.78, 5) is 0. The highest BCUT2D eigenvalue weighted by Crippen LogP contribution is 2.48. The van der Waals surface area contributed by atoms with Gasteiger partial charge in [0.05, 0.1) is 55.3 Å². The van der Waals surface area contributed by atoms with Crippen LogP contribution in [0.3, 0.4) is 0 Å². The van der Waals surface area contributed by atoms with Crippen molar-refractivity contribution in [3.63, 3.8) is 0 Å². The van der Waals surface area contributed by atoms with E-state index in [2.05, 4.69) is 94.1 Å². The Morgan fingerprint density at radius 3 is 1.30 bits per heavy atom. The van der Waals surface area contributed by atoms with Crippen LogP contribution in [0.2, 0.25) is 0 Å². The van der Waals surface area contributed by atoms with Crippen LogP contribution in [0.4, 0.5) is 0 Å². The van der Waals surface area contributed by atoms with Gasteiger partial charge in [-0.25, -0.2) is 0 Å². The fraction of sp³-hybridized carbons (Fsp3) is 0. The van der Waals surface area contributed by atoms with Crippen molar-refractivity contribution >= 4 is 87.5 Å². The summed E-state index contributed by atoms with van der Waals surface area (Å²) < 4.78 is 17.4. The summed E-state index contributed by atoms with van der Waals surface area (Å²) >= 11 is 0. The molecule has 6 heteroatoms. The summed E-state index contributed by atoms with van der Waals surface area (Å²) in [7, 11) is 0. The van der Waals surface area contributed by atoms with Gasteiger partial charge in [0.15, 0.2) is 0 Å². The van der Waals surface area contributed by atoms with Gasteiger partial charge in [-0.1, -0.05) is 103 Å². The Morgan fingerprint density at radius 2 is 0.821 bits per heavy atom. The Balaban J connectivity index is 1.37. The van der Waals surface area contributed by atoms with Gasteiger partial charge in [-0.3, -0.25) is 0 Å². The molecule has 4 aromatic heterocycles. The first-order chi connectivity index (χ1) is 27.7. The van der Waals surface area contributed by atoms with E-state index in [1.165, 1.54) is 0 Å². The fourth-order valence-corrected chi connectivity index (χ4v) is 9.17. The lowest BCUT2D eigenvalue weighted by atomic mass is 9.93. The van der Waals surface area contributed by atoms with E-state index in [1.807, 2.05) is 78.9 Å². The second-order valence-corrected chi connectivity index (χ2v) is 14.2. The second-order valence-electron chi connectivity index (χ2n) is 14.2. The fourth-order valence-electron chi connectivity index (χ4n) is 9.17. The number of nitrogens with zero attached hydrogens (tertiary/aromatic N) is 4. The number of hydrogen-bond donors (Lipinski definition) is 0. The topological polar surface area (TPSA) is 83.7 Å². The molecule has 12 aromatic rings. The Labute approximate surface area is 318 Å². The number of hydrogen-bond acceptors (Lipinski definition) is 4. The molecule has 0 aliphatic carbocycles. The number of fused-ring (bicyclic) bond motifs is 14. The first kappa shape index (κ1) is 30.4. The van der Waals surface area contributed by atoms with Gasteiger partial charge >= 0.3 is 0 Å². The van der Waals surface area contributed by atoms with Crippen LogP contribution in [0.25, 0.3) is 110 Å². The lowest BCUT2D eigenvalue weighted by Crippen LogP contribution is -2.09. The molecule has 0 spiro atoms. The van der Waals surface area contributed by atoms with Crippen molar-refractivity contribution in [1.82, 2.24) is 9.13 Å². The Kier molecular flexibility index (Phi) is 6.10. The maximum absolute atomic E-state index is 11.2. The average molecular weight is 715 g/mol. The van der Waals surface area contributed by atoms with E-state index in [0.717, 1.165) is 98.6 Å². The Hall–Kier alpha value is -8.06.